The van der Waals surface area contributed by atoms with Gasteiger partial charge in [0.15, 0.2) is 5.65 Å². The van der Waals surface area contributed by atoms with Crippen LogP contribution in [0, 0.1) is 0 Å². The fourth-order valence-corrected chi connectivity index (χ4v) is 3.00. The first-order valence-corrected chi connectivity index (χ1v) is 5.88. The Morgan fingerprint density at radius 1 is 1.14 bits per heavy atom. The molecule has 0 amide bonds. The van der Waals surface area contributed by atoms with Crippen LogP contribution in [-0.4, -0.2) is 9.97 Å². The minimum Gasteiger partial charge on any atom is -0.236 e. The highest BCUT2D eigenvalue weighted by Crippen LogP contribution is 2.31. The first-order valence-electron chi connectivity index (χ1n) is 4.19. The normalized spacial score (nSPS) is 10.9. The lowest BCUT2D eigenvalue weighted by Crippen LogP contribution is -1.73. The number of aromatic nitrogens is 2. The second-order valence-electron chi connectivity index (χ2n) is 2.82. The Bertz CT molecular complexity index is 521. The molecule has 3 rings (SSSR count). The minimum atomic E-state index is 0.848. The summed E-state index contributed by atoms with van der Waals surface area (Å²) in [7, 11) is 0. The van der Waals surface area contributed by atoms with Gasteiger partial charge in [-0.2, -0.15) is 0 Å². The third-order valence-corrected chi connectivity index (χ3v) is 3.95. The zero-order valence-electron chi connectivity index (χ0n) is 7.18. The predicted octanol–water partition coefficient (Wildman–Crippen LogP) is 3.42. The van der Waals surface area contributed by atoms with Gasteiger partial charge in [0, 0.05) is 6.20 Å². The van der Waals surface area contributed by atoms with Crippen molar-refractivity contribution >= 4 is 33.0 Å². The van der Waals surface area contributed by atoms with Crippen molar-refractivity contribution in [1.29, 1.82) is 0 Å². The fourth-order valence-electron chi connectivity index (χ4n) is 1.27. The van der Waals surface area contributed by atoms with E-state index in [0.29, 0.717) is 0 Å². The van der Waals surface area contributed by atoms with Crippen molar-refractivity contribution in [2.75, 3.05) is 0 Å². The van der Waals surface area contributed by atoms with Crippen LogP contribution in [0.15, 0.2) is 35.8 Å². The molecule has 0 aliphatic heterocycles. The van der Waals surface area contributed by atoms with E-state index in [9.17, 15) is 0 Å². The summed E-state index contributed by atoms with van der Waals surface area (Å²) < 4.78 is 1.15. The van der Waals surface area contributed by atoms with Crippen LogP contribution in [0.4, 0.5) is 0 Å². The Balaban J connectivity index is 2.24. The Hall–Kier alpha value is -1.26. The molecule has 0 spiro atoms. The molecule has 0 N–H and O–H groups in total. The lowest BCUT2D eigenvalue weighted by atomic mass is 10.5. The van der Waals surface area contributed by atoms with Gasteiger partial charge in [0.25, 0.3) is 0 Å². The van der Waals surface area contributed by atoms with Crippen LogP contribution in [0.1, 0.15) is 0 Å². The number of thiazole rings is 1. The fraction of sp³-hybridized carbons (Fsp3) is 0. The molecule has 3 aromatic rings. The Labute approximate surface area is 88.9 Å². The molecule has 14 heavy (non-hydrogen) atoms. The van der Waals surface area contributed by atoms with Gasteiger partial charge in [-0.05, 0) is 23.6 Å². The lowest BCUT2D eigenvalue weighted by Gasteiger charge is -1.83. The molecule has 0 saturated carbocycles. The topological polar surface area (TPSA) is 25.8 Å². The number of fused-ring (bicyclic) bond motifs is 1. The predicted molar refractivity (Wildman–Crippen MR) is 60.7 cm³/mol. The molecular weight excluding hydrogens is 212 g/mol. The maximum Gasteiger partial charge on any atom is 0.170 e. The molecule has 4 heteroatoms. The van der Waals surface area contributed by atoms with Crippen LogP contribution in [-0.2, 0) is 0 Å². The van der Waals surface area contributed by atoms with E-state index in [0.717, 1.165) is 15.4 Å². The van der Waals surface area contributed by atoms with Gasteiger partial charge < -0.3 is 0 Å². The van der Waals surface area contributed by atoms with E-state index in [4.69, 9.17) is 0 Å². The molecule has 0 aliphatic rings. The van der Waals surface area contributed by atoms with Crippen molar-refractivity contribution in [1.82, 2.24) is 9.97 Å². The monoisotopic (exact) mass is 218 g/mol. The molecule has 0 atom stereocenters. The Morgan fingerprint density at radius 2 is 2.14 bits per heavy atom. The van der Waals surface area contributed by atoms with Gasteiger partial charge in [0.1, 0.15) is 5.01 Å². The lowest BCUT2D eigenvalue weighted by molar-refractivity contribution is 1.33. The largest absolute Gasteiger partial charge is 0.236 e. The number of hydrogen-bond donors (Lipinski definition) is 0. The molecule has 0 saturated heterocycles. The zero-order valence-corrected chi connectivity index (χ0v) is 8.81. The Kier molecular flexibility index (Phi) is 1.82. The maximum absolute atomic E-state index is 4.47. The quantitative estimate of drug-likeness (QED) is 0.625. The highest BCUT2D eigenvalue weighted by Gasteiger charge is 2.06. The molecule has 68 valence electrons. The second-order valence-corrected chi connectivity index (χ2v) is 4.80. The van der Waals surface area contributed by atoms with E-state index >= 15 is 0 Å². The number of rotatable bonds is 1. The van der Waals surface area contributed by atoms with Gasteiger partial charge in [-0.25, -0.2) is 9.97 Å². The van der Waals surface area contributed by atoms with Crippen LogP contribution < -0.4 is 0 Å². The number of pyridine rings is 1. The highest BCUT2D eigenvalue weighted by molar-refractivity contribution is 7.25. The third-order valence-electron chi connectivity index (χ3n) is 1.90. The van der Waals surface area contributed by atoms with Crippen molar-refractivity contribution in [2.45, 2.75) is 0 Å². The molecular formula is C10H6N2S2. The summed E-state index contributed by atoms with van der Waals surface area (Å²) in [6, 6.07) is 8.12. The first kappa shape index (κ1) is 8.08. The van der Waals surface area contributed by atoms with Gasteiger partial charge in [-0.3, -0.25) is 0 Å². The van der Waals surface area contributed by atoms with E-state index in [1.807, 2.05) is 12.1 Å². The van der Waals surface area contributed by atoms with Gasteiger partial charge >= 0.3 is 0 Å². The van der Waals surface area contributed by atoms with E-state index in [-0.39, 0.29) is 0 Å². The van der Waals surface area contributed by atoms with E-state index in [1.54, 1.807) is 28.9 Å². The standard InChI is InChI=1S/C10H6N2S2/c1-3-7-9(11-5-1)12-10(14-7)8-4-2-6-13-8/h1-6H. The molecule has 3 heterocycles. The molecule has 2 nitrogen and oxygen atoms in total. The van der Waals surface area contributed by atoms with Gasteiger partial charge in [0.2, 0.25) is 0 Å². The second kappa shape index (κ2) is 3.15. The average molecular weight is 218 g/mol. The van der Waals surface area contributed by atoms with Crippen LogP contribution in [0.25, 0.3) is 20.2 Å². The van der Waals surface area contributed by atoms with Crippen molar-refractivity contribution in [3.63, 3.8) is 0 Å². The maximum atomic E-state index is 4.47. The van der Waals surface area contributed by atoms with Crippen LogP contribution in [0.5, 0.6) is 0 Å². The molecule has 0 unspecified atom stereocenters. The van der Waals surface area contributed by atoms with Crippen LogP contribution in [0.3, 0.4) is 0 Å². The van der Waals surface area contributed by atoms with Gasteiger partial charge in [-0.15, -0.1) is 22.7 Å². The van der Waals surface area contributed by atoms with Crippen molar-refractivity contribution < 1.29 is 0 Å². The first-order chi connectivity index (χ1) is 6.93. The molecule has 0 bridgehead atoms. The third kappa shape index (κ3) is 1.23. The molecule has 0 aromatic carbocycles. The summed E-state index contributed by atoms with van der Waals surface area (Å²) in [5.41, 5.74) is 0.848. The molecule has 3 aromatic heterocycles. The smallest absolute Gasteiger partial charge is 0.170 e. The van der Waals surface area contributed by atoms with Crippen molar-refractivity contribution in [3.05, 3.63) is 35.8 Å². The van der Waals surface area contributed by atoms with Crippen LogP contribution in [0.2, 0.25) is 0 Å². The van der Waals surface area contributed by atoms with E-state index in [2.05, 4.69) is 27.5 Å². The summed E-state index contributed by atoms with van der Waals surface area (Å²) in [6.07, 6.45) is 1.78. The summed E-state index contributed by atoms with van der Waals surface area (Å²) >= 11 is 3.40. The summed E-state index contributed by atoms with van der Waals surface area (Å²) in [5.74, 6) is 0. The zero-order chi connectivity index (χ0) is 9.38. The number of hydrogen-bond acceptors (Lipinski definition) is 4. The number of nitrogens with zero attached hydrogens (tertiary/aromatic N) is 2. The SMILES string of the molecule is c1csc(-c2nc3ncccc3s2)c1. The summed E-state index contributed by atoms with van der Waals surface area (Å²) in [4.78, 5) is 9.90. The minimum absolute atomic E-state index is 0.848. The van der Waals surface area contributed by atoms with Gasteiger partial charge in [-0.1, -0.05) is 6.07 Å². The average Bonchev–Trinajstić information content (AvgIpc) is 2.86. The number of thiophene rings is 1. The van der Waals surface area contributed by atoms with Crippen molar-refractivity contribution in [3.8, 4) is 9.88 Å². The highest BCUT2D eigenvalue weighted by atomic mass is 32.1. The van der Waals surface area contributed by atoms with E-state index < -0.39 is 0 Å². The molecule has 0 aliphatic carbocycles. The van der Waals surface area contributed by atoms with Gasteiger partial charge in [0.05, 0.1) is 9.58 Å². The Morgan fingerprint density at radius 3 is 2.93 bits per heavy atom. The molecule has 0 fully saturated rings. The van der Waals surface area contributed by atoms with E-state index in [1.165, 1.54) is 4.88 Å². The van der Waals surface area contributed by atoms with Crippen LogP contribution >= 0.6 is 22.7 Å². The molecule has 0 radical (unpaired) electrons. The summed E-state index contributed by atoms with van der Waals surface area (Å²) in [5, 5.41) is 3.13. The van der Waals surface area contributed by atoms with Crippen molar-refractivity contribution in [2.24, 2.45) is 0 Å². The summed E-state index contributed by atoms with van der Waals surface area (Å²) in [6.45, 7) is 0.